The number of nitrogens with one attached hydrogen (secondary N) is 1. The van der Waals surface area contributed by atoms with Crippen molar-refractivity contribution >= 4 is 26.8 Å². The predicted octanol–water partition coefficient (Wildman–Crippen LogP) is 6.67. The van der Waals surface area contributed by atoms with Gasteiger partial charge in [0.05, 0.1) is 17.8 Å². The Morgan fingerprint density at radius 3 is 2.61 bits per heavy atom. The molecule has 0 amide bonds. The lowest BCUT2D eigenvalue weighted by Crippen LogP contribution is -2.76. The molecule has 2 aromatic rings. The summed E-state index contributed by atoms with van der Waals surface area (Å²) in [7, 11) is 0. The highest BCUT2D eigenvalue weighted by molar-refractivity contribution is 9.10. The lowest BCUT2D eigenvalue weighted by molar-refractivity contribution is -0.274. The van der Waals surface area contributed by atoms with Crippen molar-refractivity contribution in [1.82, 2.24) is 4.98 Å². The van der Waals surface area contributed by atoms with Crippen LogP contribution in [0.1, 0.15) is 101 Å². The summed E-state index contributed by atoms with van der Waals surface area (Å²) in [6.45, 7) is 19.9. The zero-order chi connectivity index (χ0) is 30.7. The summed E-state index contributed by atoms with van der Waals surface area (Å²) in [6, 6.07) is 2.28. The number of aliphatic hydroxyl groups excluding tert-OH is 1. The van der Waals surface area contributed by atoms with E-state index in [0.717, 1.165) is 37.7 Å². The lowest BCUT2D eigenvalue weighted by Gasteiger charge is -2.66. The maximum absolute atomic E-state index is 13.2. The van der Waals surface area contributed by atoms with Crippen LogP contribution in [0.15, 0.2) is 34.8 Å². The number of hydrogen-bond donors (Lipinski definition) is 3. The van der Waals surface area contributed by atoms with Crippen LogP contribution < -0.4 is 0 Å². The minimum atomic E-state index is -1.17. The quantitative estimate of drug-likeness (QED) is 0.235. The second-order valence-corrected chi connectivity index (χ2v) is 17.7. The van der Waals surface area contributed by atoms with Crippen molar-refractivity contribution in [2.75, 3.05) is 0 Å². The number of aromatic amines is 1. The van der Waals surface area contributed by atoms with E-state index >= 15 is 0 Å². The molecule has 8 aliphatic rings. The van der Waals surface area contributed by atoms with Gasteiger partial charge in [-0.2, -0.15) is 0 Å². The normalized spacial score (nSPS) is 51.7. The molecule has 10 rings (SSSR count). The molecule has 5 fully saturated rings. The third-order valence-electron chi connectivity index (χ3n) is 15.1. The highest BCUT2D eigenvalue weighted by Gasteiger charge is 2.86. The van der Waals surface area contributed by atoms with Gasteiger partial charge in [-0.15, -0.1) is 0 Å². The molecule has 13 atom stereocenters. The second kappa shape index (κ2) is 7.79. The Hall–Kier alpha value is -1.48. The Morgan fingerprint density at radius 1 is 1.09 bits per heavy atom. The predicted molar refractivity (Wildman–Crippen MR) is 171 cm³/mol. The smallest absolute Gasteiger partial charge is 0.153 e. The van der Waals surface area contributed by atoms with Gasteiger partial charge in [0.15, 0.2) is 5.60 Å². The fourth-order valence-electron chi connectivity index (χ4n) is 12.7. The SMILES string of the molecule is C=C1Cc2c(Br)cc3[nH]c4c5c3c2[C@H]2[C@@H]1C[C@H]2C(C)(C)O[C@H]5[C@@H]1CC[C@@]2(O)[C@@]35O[C@@H]3[C@@H](O)[C@@H](C(=C)C)O[C@H]5CC[C@]2(C)[C@@]41C. The van der Waals surface area contributed by atoms with E-state index in [1.165, 1.54) is 43.3 Å². The van der Waals surface area contributed by atoms with Crippen LogP contribution in [-0.2, 0) is 26.0 Å². The molecule has 4 heterocycles. The summed E-state index contributed by atoms with van der Waals surface area (Å²) in [6.07, 6.45) is 3.00. The Morgan fingerprint density at radius 2 is 1.86 bits per heavy atom. The van der Waals surface area contributed by atoms with Gasteiger partial charge in [-0.3, -0.25) is 0 Å². The molecular formula is C37H44BrNO5. The number of ether oxygens (including phenoxy) is 3. The highest BCUT2D eigenvalue weighted by Crippen LogP contribution is 2.77. The zero-order valence-corrected chi connectivity index (χ0v) is 28.0. The number of epoxide rings is 1. The molecule has 2 saturated heterocycles. The summed E-state index contributed by atoms with van der Waals surface area (Å²) < 4.78 is 21.7. The zero-order valence-electron chi connectivity index (χ0n) is 26.4. The van der Waals surface area contributed by atoms with Crippen LogP contribution in [0.3, 0.4) is 0 Å². The van der Waals surface area contributed by atoms with Crippen molar-refractivity contribution in [3.8, 4) is 0 Å². The van der Waals surface area contributed by atoms with Crippen molar-refractivity contribution in [2.45, 2.75) is 132 Å². The molecule has 234 valence electrons. The van der Waals surface area contributed by atoms with E-state index < -0.39 is 40.3 Å². The van der Waals surface area contributed by atoms with Gasteiger partial charge >= 0.3 is 0 Å². The van der Waals surface area contributed by atoms with E-state index in [1.54, 1.807) is 0 Å². The summed E-state index contributed by atoms with van der Waals surface area (Å²) in [5, 5.41) is 26.0. The molecule has 3 saturated carbocycles. The van der Waals surface area contributed by atoms with Gasteiger partial charge in [-0.1, -0.05) is 48.5 Å². The molecule has 3 aliphatic heterocycles. The van der Waals surface area contributed by atoms with Gasteiger partial charge in [0.2, 0.25) is 0 Å². The Kier molecular flexibility index (Phi) is 4.89. The van der Waals surface area contributed by atoms with Gasteiger partial charge in [0.1, 0.15) is 23.9 Å². The van der Waals surface area contributed by atoms with Gasteiger partial charge in [-0.05, 0) is 99.8 Å². The Balaban J connectivity index is 1.20. The summed E-state index contributed by atoms with van der Waals surface area (Å²) >= 11 is 3.99. The minimum Gasteiger partial charge on any atom is -0.387 e. The van der Waals surface area contributed by atoms with Crippen LogP contribution in [0.4, 0.5) is 0 Å². The van der Waals surface area contributed by atoms with E-state index in [4.69, 9.17) is 14.2 Å². The molecule has 5 aliphatic carbocycles. The molecular weight excluding hydrogens is 618 g/mol. The molecule has 1 spiro atoms. The highest BCUT2D eigenvalue weighted by atomic mass is 79.9. The Labute approximate surface area is 267 Å². The van der Waals surface area contributed by atoms with Crippen LogP contribution in [0, 0.1) is 23.2 Å². The standard InChI is InChI=1S/C37H44BrNO5/c1-15(2)29-28(40)32-37(44-32)23(42-29)9-10-34(6)35(7)19(8-11-36(34,37)41)30-27-26-22(39-31(27)35)14-21(38)18-12-16(3)17-13-20(24(17)25(18)26)33(4,5)43-30/h14,17,19-20,23-24,28-30,32,39-41H,1,3,8-13H2,2,4-7H3/t17-,19+,20-,23+,24+,28+,29-,30+,32-,34-,35-,36+,37+/m1/s1. The number of allylic oxidation sites excluding steroid dienone is 1. The van der Waals surface area contributed by atoms with Gasteiger partial charge < -0.3 is 29.4 Å². The largest absolute Gasteiger partial charge is 0.387 e. The first-order valence-corrected chi connectivity index (χ1v) is 17.6. The monoisotopic (exact) mass is 661 g/mol. The molecule has 3 N–H and O–H groups in total. The first-order valence-electron chi connectivity index (χ1n) is 16.8. The fraction of sp³-hybridized carbons (Fsp3) is 0.676. The van der Waals surface area contributed by atoms with E-state index in [9.17, 15) is 10.2 Å². The molecule has 7 heteroatoms. The van der Waals surface area contributed by atoms with E-state index in [-0.39, 0.29) is 23.7 Å². The number of benzene rings is 1. The first-order chi connectivity index (χ1) is 20.7. The maximum atomic E-state index is 13.2. The molecule has 1 aromatic carbocycles. The third kappa shape index (κ3) is 2.62. The van der Waals surface area contributed by atoms with Crippen LogP contribution in [0.25, 0.3) is 10.9 Å². The molecule has 0 radical (unpaired) electrons. The summed E-state index contributed by atoms with van der Waals surface area (Å²) in [4.78, 5) is 4.02. The molecule has 6 nitrogen and oxygen atoms in total. The number of halogens is 1. The molecule has 0 bridgehead atoms. The maximum Gasteiger partial charge on any atom is 0.153 e. The van der Waals surface area contributed by atoms with Crippen molar-refractivity contribution in [2.24, 2.45) is 23.2 Å². The molecule has 0 unspecified atom stereocenters. The summed E-state index contributed by atoms with van der Waals surface area (Å²) in [5.74, 6) is 1.58. The van der Waals surface area contributed by atoms with Crippen molar-refractivity contribution in [3.63, 3.8) is 0 Å². The third-order valence-corrected chi connectivity index (χ3v) is 15.8. The first kappa shape index (κ1) is 27.6. The number of aromatic nitrogens is 1. The van der Waals surface area contributed by atoms with Crippen molar-refractivity contribution in [3.05, 3.63) is 57.2 Å². The minimum absolute atomic E-state index is 0.0531. The molecule has 44 heavy (non-hydrogen) atoms. The van der Waals surface area contributed by atoms with Crippen LogP contribution in [0.2, 0.25) is 0 Å². The average Bonchev–Trinajstić information content (AvgIpc) is 3.53. The average molecular weight is 663 g/mol. The Bertz CT molecular complexity index is 1740. The molecule has 1 aromatic heterocycles. The van der Waals surface area contributed by atoms with E-state index in [2.05, 4.69) is 67.8 Å². The van der Waals surface area contributed by atoms with E-state index in [0.29, 0.717) is 24.2 Å². The van der Waals surface area contributed by atoms with Crippen molar-refractivity contribution < 1.29 is 24.4 Å². The van der Waals surface area contributed by atoms with E-state index in [1.807, 2.05) is 6.92 Å². The van der Waals surface area contributed by atoms with Crippen LogP contribution in [-0.4, -0.2) is 56.4 Å². The van der Waals surface area contributed by atoms with Crippen LogP contribution in [0.5, 0.6) is 0 Å². The summed E-state index contributed by atoms with van der Waals surface area (Å²) in [5.41, 5.74) is 5.54. The van der Waals surface area contributed by atoms with Crippen LogP contribution >= 0.6 is 15.9 Å². The topological polar surface area (TPSA) is 87.2 Å². The number of rotatable bonds is 1. The second-order valence-electron chi connectivity index (χ2n) is 16.8. The van der Waals surface area contributed by atoms with Gasteiger partial charge in [0, 0.05) is 43.4 Å². The number of hydrogen-bond acceptors (Lipinski definition) is 5. The number of H-pyrrole nitrogens is 1. The van der Waals surface area contributed by atoms with Gasteiger partial charge in [0.25, 0.3) is 0 Å². The van der Waals surface area contributed by atoms with Crippen molar-refractivity contribution in [1.29, 1.82) is 0 Å². The van der Waals surface area contributed by atoms with Gasteiger partial charge in [-0.25, -0.2) is 0 Å². The lowest BCUT2D eigenvalue weighted by atomic mass is 9.40. The fourth-order valence-corrected chi connectivity index (χ4v) is 13.3. The number of aliphatic hydroxyl groups is 2. The number of fused-ring (bicyclic) bond motifs is 5.